The van der Waals surface area contributed by atoms with Gasteiger partial charge in [0.05, 0.1) is 0 Å². The molecule has 104 valence electrons. The van der Waals surface area contributed by atoms with Crippen LogP contribution < -0.4 is 4.90 Å². The van der Waals surface area contributed by atoms with E-state index >= 15 is 0 Å². The fourth-order valence-electron chi connectivity index (χ4n) is 1.64. The zero-order chi connectivity index (χ0) is 14.5. The maximum atomic E-state index is 11.9. The molecule has 0 fully saturated rings. The molecule has 0 saturated heterocycles. The molecule has 1 aromatic carbocycles. The summed E-state index contributed by atoms with van der Waals surface area (Å²) in [6.45, 7) is 1.65. The Bertz CT molecular complexity index is 607. The number of anilines is 1. The second-order valence-corrected chi connectivity index (χ2v) is 5.56. The third kappa shape index (κ3) is 3.45. The summed E-state index contributed by atoms with van der Waals surface area (Å²) in [4.78, 5) is 26.7. The summed E-state index contributed by atoms with van der Waals surface area (Å²) in [5.41, 5.74) is 0.764. The van der Waals surface area contributed by atoms with Crippen LogP contribution in [0.25, 0.3) is 0 Å². The van der Waals surface area contributed by atoms with Crippen LogP contribution >= 0.6 is 11.3 Å². The third-order valence-electron chi connectivity index (χ3n) is 2.79. The topological polar surface area (TPSA) is 46.6 Å². The minimum atomic E-state index is -0.460. The Labute approximate surface area is 121 Å². The summed E-state index contributed by atoms with van der Waals surface area (Å²) in [5.74, 6) is -0.726. The van der Waals surface area contributed by atoms with Gasteiger partial charge in [-0.15, -0.1) is 11.3 Å². The normalized spacial score (nSPS) is 10.1. The number of ether oxygens (including phenoxy) is 1. The van der Waals surface area contributed by atoms with Gasteiger partial charge in [0.2, 0.25) is 0 Å². The first-order valence-corrected chi connectivity index (χ1v) is 6.95. The lowest BCUT2D eigenvalue weighted by Crippen LogP contribution is -2.30. The van der Waals surface area contributed by atoms with Crippen LogP contribution in [0, 0.1) is 6.92 Å². The molecule has 20 heavy (non-hydrogen) atoms. The SMILES string of the molecule is Cc1ccc(C(=O)OCC(=O)N(C)c2ccccc2)s1. The highest BCUT2D eigenvalue weighted by Gasteiger charge is 2.15. The molecule has 2 rings (SSSR count). The van der Waals surface area contributed by atoms with Crippen molar-refractivity contribution < 1.29 is 14.3 Å². The van der Waals surface area contributed by atoms with E-state index in [0.29, 0.717) is 4.88 Å². The summed E-state index contributed by atoms with van der Waals surface area (Å²) < 4.78 is 5.03. The highest BCUT2D eigenvalue weighted by atomic mass is 32.1. The fraction of sp³-hybridized carbons (Fsp3) is 0.200. The molecular formula is C15H15NO3S. The zero-order valence-corrected chi connectivity index (χ0v) is 12.1. The molecule has 1 aromatic heterocycles. The number of benzene rings is 1. The first kappa shape index (κ1) is 14.3. The smallest absolute Gasteiger partial charge is 0.348 e. The molecule has 1 heterocycles. The van der Waals surface area contributed by atoms with Crippen molar-refractivity contribution in [2.45, 2.75) is 6.92 Å². The van der Waals surface area contributed by atoms with Crippen LogP contribution in [0.4, 0.5) is 5.69 Å². The van der Waals surface area contributed by atoms with Crippen molar-refractivity contribution in [2.24, 2.45) is 0 Å². The Kier molecular flexibility index (Phi) is 4.53. The predicted molar refractivity (Wildman–Crippen MR) is 79.2 cm³/mol. The monoisotopic (exact) mass is 289 g/mol. The van der Waals surface area contributed by atoms with E-state index in [1.54, 1.807) is 13.1 Å². The van der Waals surface area contributed by atoms with Gasteiger partial charge in [-0.05, 0) is 31.2 Å². The molecular weight excluding hydrogens is 274 g/mol. The second-order valence-electron chi connectivity index (χ2n) is 4.27. The van der Waals surface area contributed by atoms with Gasteiger partial charge in [-0.3, -0.25) is 4.79 Å². The van der Waals surface area contributed by atoms with Gasteiger partial charge in [0, 0.05) is 17.6 Å². The van der Waals surface area contributed by atoms with Gasteiger partial charge in [0.1, 0.15) is 4.88 Å². The largest absolute Gasteiger partial charge is 0.451 e. The number of carbonyl (C=O) groups excluding carboxylic acids is 2. The Morgan fingerprint density at radius 1 is 1.15 bits per heavy atom. The molecule has 0 N–H and O–H groups in total. The minimum Gasteiger partial charge on any atom is -0.451 e. The minimum absolute atomic E-state index is 0.263. The molecule has 0 aliphatic heterocycles. The summed E-state index contributed by atoms with van der Waals surface area (Å²) in [7, 11) is 1.65. The van der Waals surface area contributed by atoms with Crippen LogP contribution in [0.15, 0.2) is 42.5 Å². The number of thiophene rings is 1. The lowest BCUT2D eigenvalue weighted by molar-refractivity contribution is -0.121. The van der Waals surface area contributed by atoms with Crippen molar-refractivity contribution in [1.29, 1.82) is 0 Å². The van der Waals surface area contributed by atoms with Crippen molar-refractivity contribution in [1.82, 2.24) is 0 Å². The molecule has 0 spiro atoms. The molecule has 5 heteroatoms. The number of hydrogen-bond acceptors (Lipinski definition) is 4. The fourth-order valence-corrected chi connectivity index (χ4v) is 2.40. The molecule has 0 bridgehead atoms. The maximum absolute atomic E-state index is 11.9. The van der Waals surface area contributed by atoms with Crippen LogP contribution in [0.1, 0.15) is 14.5 Å². The van der Waals surface area contributed by atoms with Crippen LogP contribution in [-0.2, 0) is 9.53 Å². The van der Waals surface area contributed by atoms with Gasteiger partial charge in [0.15, 0.2) is 6.61 Å². The van der Waals surface area contributed by atoms with Crippen LogP contribution in [0.2, 0.25) is 0 Å². The standard InChI is InChI=1S/C15H15NO3S/c1-11-8-9-13(20-11)15(18)19-10-14(17)16(2)12-6-4-3-5-7-12/h3-9H,10H2,1-2H3. The first-order valence-electron chi connectivity index (χ1n) is 6.13. The van der Waals surface area contributed by atoms with E-state index in [2.05, 4.69) is 0 Å². The number of rotatable bonds is 4. The van der Waals surface area contributed by atoms with Crippen molar-refractivity contribution in [3.05, 3.63) is 52.2 Å². The van der Waals surface area contributed by atoms with Crippen LogP contribution in [-0.4, -0.2) is 25.5 Å². The number of likely N-dealkylation sites (N-methyl/N-ethyl adjacent to an activating group) is 1. The molecule has 1 amide bonds. The number of para-hydroxylation sites is 1. The molecule has 0 aliphatic carbocycles. The third-order valence-corrected chi connectivity index (χ3v) is 3.77. The van der Waals surface area contributed by atoms with Crippen LogP contribution in [0.5, 0.6) is 0 Å². The van der Waals surface area contributed by atoms with Gasteiger partial charge in [0.25, 0.3) is 5.91 Å². The van der Waals surface area contributed by atoms with E-state index < -0.39 is 5.97 Å². The summed E-state index contributed by atoms with van der Waals surface area (Å²) >= 11 is 1.35. The number of hydrogen-bond donors (Lipinski definition) is 0. The van der Waals surface area contributed by atoms with Gasteiger partial charge < -0.3 is 9.64 Å². The number of nitrogens with zero attached hydrogens (tertiary/aromatic N) is 1. The van der Waals surface area contributed by atoms with E-state index in [-0.39, 0.29) is 12.5 Å². The van der Waals surface area contributed by atoms with E-state index in [0.717, 1.165) is 10.6 Å². The lowest BCUT2D eigenvalue weighted by Gasteiger charge is -2.16. The van der Waals surface area contributed by atoms with E-state index in [4.69, 9.17) is 4.74 Å². The van der Waals surface area contributed by atoms with Crippen molar-refractivity contribution in [3.8, 4) is 0 Å². The first-order chi connectivity index (χ1) is 9.58. The van der Waals surface area contributed by atoms with Gasteiger partial charge in [-0.25, -0.2) is 4.79 Å². The lowest BCUT2D eigenvalue weighted by atomic mass is 10.3. The average molecular weight is 289 g/mol. The molecule has 0 aliphatic rings. The summed E-state index contributed by atoms with van der Waals surface area (Å²) in [5, 5.41) is 0. The van der Waals surface area contributed by atoms with Gasteiger partial charge in [-0.1, -0.05) is 18.2 Å². The predicted octanol–water partition coefficient (Wildman–Crippen LogP) is 2.88. The molecule has 0 atom stereocenters. The Hall–Kier alpha value is -2.14. The number of esters is 1. The van der Waals surface area contributed by atoms with Crippen molar-refractivity contribution >= 4 is 28.9 Å². The van der Waals surface area contributed by atoms with E-state index in [1.165, 1.54) is 16.2 Å². The highest BCUT2D eigenvalue weighted by molar-refractivity contribution is 7.13. The second kappa shape index (κ2) is 6.34. The maximum Gasteiger partial charge on any atom is 0.348 e. The molecule has 4 nitrogen and oxygen atoms in total. The number of amides is 1. The van der Waals surface area contributed by atoms with Gasteiger partial charge >= 0.3 is 5.97 Å². The van der Waals surface area contributed by atoms with E-state index in [9.17, 15) is 9.59 Å². The van der Waals surface area contributed by atoms with E-state index in [1.807, 2.05) is 43.3 Å². The summed E-state index contributed by atoms with van der Waals surface area (Å²) in [6.07, 6.45) is 0. The van der Waals surface area contributed by atoms with Gasteiger partial charge in [-0.2, -0.15) is 0 Å². The Balaban J connectivity index is 1.91. The molecule has 0 radical (unpaired) electrons. The zero-order valence-electron chi connectivity index (χ0n) is 11.3. The molecule has 0 unspecified atom stereocenters. The summed E-state index contributed by atoms with van der Waals surface area (Å²) in [6, 6.07) is 12.8. The number of aryl methyl sites for hydroxylation is 1. The average Bonchev–Trinajstić information content (AvgIpc) is 2.91. The Morgan fingerprint density at radius 3 is 2.45 bits per heavy atom. The molecule has 2 aromatic rings. The Morgan fingerprint density at radius 2 is 1.85 bits per heavy atom. The molecule has 0 saturated carbocycles. The highest BCUT2D eigenvalue weighted by Crippen LogP contribution is 2.16. The number of carbonyl (C=O) groups is 2. The van der Waals surface area contributed by atoms with Crippen molar-refractivity contribution in [2.75, 3.05) is 18.6 Å². The van der Waals surface area contributed by atoms with Crippen molar-refractivity contribution in [3.63, 3.8) is 0 Å². The van der Waals surface area contributed by atoms with Crippen LogP contribution in [0.3, 0.4) is 0 Å². The quantitative estimate of drug-likeness (QED) is 0.813.